The minimum atomic E-state index is -0.655. The fourth-order valence-electron chi connectivity index (χ4n) is 2.99. The normalized spacial score (nSPS) is 10.1. The van der Waals surface area contributed by atoms with Gasteiger partial charge in [0.2, 0.25) is 0 Å². The van der Waals surface area contributed by atoms with E-state index >= 15 is 0 Å². The predicted octanol–water partition coefficient (Wildman–Crippen LogP) is 7.55. The molecule has 0 radical (unpaired) electrons. The number of carbonyl (C=O) groups is 2. The van der Waals surface area contributed by atoms with Crippen LogP contribution in [0.4, 0.5) is 0 Å². The van der Waals surface area contributed by atoms with E-state index in [9.17, 15) is 9.59 Å². The van der Waals surface area contributed by atoms with Gasteiger partial charge in [-0.25, -0.2) is 0 Å². The Balaban J connectivity index is 0.000000604. The fraction of sp³-hybridized carbons (Fsp3) is 0.680. The molecule has 0 aromatic heterocycles. The molecule has 1 aromatic carbocycles. The van der Waals surface area contributed by atoms with Crippen LogP contribution in [-0.4, -0.2) is 17.0 Å². The maximum atomic E-state index is 10.8. The number of ether oxygens (including phenoxy) is 1. The van der Waals surface area contributed by atoms with Crippen molar-refractivity contribution >= 4 is 11.9 Å². The van der Waals surface area contributed by atoms with Crippen LogP contribution in [0.25, 0.3) is 0 Å². The molecule has 0 aliphatic rings. The zero-order valence-corrected chi connectivity index (χ0v) is 18.7. The molecule has 0 atom stereocenters. The second-order valence-electron chi connectivity index (χ2n) is 7.53. The van der Waals surface area contributed by atoms with E-state index in [-0.39, 0.29) is 5.97 Å². The van der Waals surface area contributed by atoms with Gasteiger partial charge < -0.3 is 9.84 Å². The summed E-state index contributed by atoms with van der Waals surface area (Å²) in [6.45, 7) is 4.03. The molecule has 0 saturated heterocycles. The molecule has 1 rings (SSSR count). The molecule has 4 heteroatoms. The standard InChI is InChI=1S/C16H32O2.C9H10O2/c1-2-3-4-5-6-7-8-9-10-11-12-13-14-15-16(17)18;1-2-9(10)11-8-6-4-3-5-7-8/h2-15H2,1H3,(H,17,18);3-7H,2H2,1H3. The first-order chi connectivity index (χ1) is 14.1. The molecule has 4 nitrogen and oxygen atoms in total. The van der Waals surface area contributed by atoms with Crippen LogP contribution in [0.3, 0.4) is 0 Å². The molecule has 1 N–H and O–H groups in total. The summed E-state index contributed by atoms with van der Waals surface area (Å²) in [4.78, 5) is 21.1. The van der Waals surface area contributed by atoms with Gasteiger partial charge >= 0.3 is 11.9 Å². The molecule has 0 heterocycles. The summed E-state index contributed by atoms with van der Waals surface area (Å²) in [5.41, 5.74) is 0. The Kier molecular flexibility index (Phi) is 19.6. The van der Waals surface area contributed by atoms with Crippen LogP contribution in [0.5, 0.6) is 5.75 Å². The third kappa shape index (κ3) is 20.7. The number of hydrogen-bond acceptors (Lipinski definition) is 3. The Morgan fingerprint density at radius 1 is 0.724 bits per heavy atom. The Morgan fingerprint density at radius 2 is 1.17 bits per heavy atom. The van der Waals surface area contributed by atoms with Crippen LogP contribution in [0, 0.1) is 0 Å². The summed E-state index contributed by atoms with van der Waals surface area (Å²) in [5, 5.41) is 8.49. The number of benzene rings is 1. The van der Waals surface area contributed by atoms with Crippen molar-refractivity contribution < 1.29 is 19.4 Å². The first-order valence-corrected chi connectivity index (χ1v) is 11.6. The van der Waals surface area contributed by atoms with E-state index in [4.69, 9.17) is 9.84 Å². The largest absolute Gasteiger partial charge is 0.481 e. The topological polar surface area (TPSA) is 63.6 Å². The van der Waals surface area contributed by atoms with Crippen LogP contribution >= 0.6 is 0 Å². The number of hydrogen-bond donors (Lipinski definition) is 1. The Hall–Kier alpha value is -1.84. The molecule has 0 spiro atoms. The van der Waals surface area contributed by atoms with E-state index in [0.717, 1.165) is 12.8 Å². The molecule has 0 saturated carbocycles. The smallest absolute Gasteiger partial charge is 0.310 e. The quantitative estimate of drug-likeness (QED) is 0.175. The monoisotopic (exact) mass is 406 g/mol. The van der Waals surface area contributed by atoms with E-state index in [1.54, 1.807) is 19.1 Å². The zero-order chi connectivity index (χ0) is 21.6. The highest BCUT2D eigenvalue weighted by molar-refractivity contribution is 5.71. The molecule has 0 fully saturated rings. The molecular formula is C25H42O4. The maximum Gasteiger partial charge on any atom is 0.310 e. The first kappa shape index (κ1) is 27.2. The summed E-state index contributed by atoms with van der Waals surface area (Å²) < 4.78 is 4.92. The third-order valence-electron chi connectivity index (χ3n) is 4.76. The number of carboxylic acids is 1. The van der Waals surface area contributed by atoms with Gasteiger partial charge in [0.1, 0.15) is 5.75 Å². The van der Waals surface area contributed by atoms with Crippen LogP contribution in [-0.2, 0) is 9.59 Å². The number of carboxylic acid groups (broad SMARTS) is 1. The molecular weight excluding hydrogens is 364 g/mol. The first-order valence-electron chi connectivity index (χ1n) is 11.6. The molecule has 0 amide bonds. The lowest BCUT2D eigenvalue weighted by molar-refractivity contribution is -0.137. The molecule has 0 aliphatic heterocycles. The predicted molar refractivity (Wildman–Crippen MR) is 120 cm³/mol. The minimum absolute atomic E-state index is 0.198. The van der Waals surface area contributed by atoms with Crippen molar-refractivity contribution in [3.05, 3.63) is 30.3 Å². The van der Waals surface area contributed by atoms with Gasteiger partial charge in [-0.05, 0) is 18.6 Å². The van der Waals surface area contributed by atoms with Gasteiger partial charge in [0, 0.05) is 12.8 Å². The van der Waals surface area contributed by atoms with Crippen molar-refractivity contribution in [1.82, 2.24) is 0 Å². The Bertz CT molecular complexity index is 499. The van der Waals surface area contributed by atoms with Gasteiger partial charge in [0.25, 0.3) is 0 Å². The second kappa shape index (κ2) is 20.9. The van der Waals surface area contributed by atoms with E-state index < -0.39 is 5.97 Å². The fourth-order valence-corrected chi connectivity index (χ4v) is 2.99. The number of para-hydroxylation sites is 1. The molecule has 0 unspecified atom stereocenters. The SMILES string of the molecule is CCC(=O)Oc1ccccc1.CCCCCCCCCCCCCCCC(=O)O. The van der Waals surface area contributed by atoms with Crippen LogP contribution in [0.15, 0.2) is 30.3 Å². The highest BCUT2D eigenvalue weighted by Gasteiger charge is 1.98. The number of rotatable bonds is 16. The lowest BCUT2D eigenvalue weighted by atomic mass is 10.0. The molecule has 0 bridgehead atoms. The maximum absolute atomic E-state index is 10.8. The van der Waals surface area contributed by atoms with Gasteiger partial charge in [0.05, 0.1) is 0 Å². The van der Waals surface area contributed by atoms with Crippen LogP contribution in [0.2, 0.25) is 0 Å². The van der Waals surface area contributed by atoms with Crippen molar-refractivity contribution in [3.63, 3.8) is 0 Å². The summed E-state index contributed by atoms with van der Waals surface area (Å²) in [6.07, 6.45) is 17.7. The number of esters is 1. The molecule has 29 heavy (non-hydrogen) atoms. The van der Waals surface area contributed by atoms with Crippen LogP contribution in [0.1, 0.15) is 110 Å². The average Bonchev–Trinajstić information content (AvgIpc) is 2.72. The average molecular weight is 407 g/mol. The molecule has 0 aliphatic carbocycles. The van der Waals surface area contributed by atoms with Crippen LogP contribution < -0.4 is 4.74 Å². The van der Waals surface area contributed by atoms with E-state index in [0.29, 0.717) is 18.6 Å². The Morgan fingerprint density at radius 3 is 1.59 bits per heavy atom. The van der Waals surface area contributed by atoms with Crippen molar-refractivity contribution in [1.29, 1.82) is 0 Å². The van der Waals surface area contributed by atoms with E-state index in [1.807, 2.05) is 18.2 Å². The molecule has 166 valence electrons. The lowest BCUT2D eigenvalue weighted by Crippen LogP contribution is -2.04. The zero-order valence-electron chi connectivity index (χ0n) is 18.7. The van der Waals surface area contributed by atoms with Gasteiger partial charge in [0.15, 0.2) is 0 Å². The van der Waals surface area contributed by atoms with E-state index in [2.05, 4.69) is 6.92 Å². The van der Waals surface area contributed by atoms with E-state index in [1.165, 1.54) is 70.6 Å². The van der Waals surface area contributed by atoms with Gasteiger partial charge in [-0.1, -0.05) is 109 Å². The lowest BCUT2D eigenvalue weighted by Gasteiger charge is -2.02. The van der Waals surface area contributed by atoms with Gasteiger partial charge in [-0.15, -0.1) is 0 Å². The van der Waals surface area contributed by atoms with Crippen molar-refractivity contribution in [2.45, 2.75) is 110 Å². The van der Waals surface area contributed by atoms with Crippen molar-refractivity contribution in [3.8, 4) is 5.75 Å². The summed E-state index contributed by atoms with van der Waals surface area (Å²) >= 11 is 0. The number of aliphatic carboxylic acids is 1. The summed E-state index contributed by atoms with van der Waals surface area (Å²) in [5.74, 6) is -0.242. The highest BCUT2D eigenvalue weighted by atomic mass is 16.5. The van der Waals surface area contributed by atoms with Gasteiger partial charge in [-0.2, -0.15) is 0 Å². The van der Waals surface area contributed by atoms with Crippen molar-refractivity contribution in [2.24, 2.45) is 0 Å². The Labute approximate surface area is 178 Å². The second-order valence-corrected chi connectivity index (χ2v) is 7.53. The number of unbranched alkanes of at least 4 members (excludes halogenated alkanes) is 12. The highest BCUT2D eigenvalue weighted by Crippen LogP contribution is 2.13. The third-order valence-corrected chi connectivity index (χ3v) is 4.76. The number of carbonyl (C=O) groups excluding carboxylic acids is 1. The summed E-state index contributed by atoms with van der Waals surface area (Å²) in [7, 11) is 0. The minimum Gasteiger partial charge on any atom is -0.481 e. The summed E-state index contributed by atoms with van der Waals surface area (Å²) in [6, 6.07) is 9.06. The van der Waals surface area contributed by atoms with Gasteiger partial charge in [-0.3, -0.25) is 9.59 Å². The molecule has 1 aromatic rings. The van der Waals surface area contributed by atoms with Crippen molar-refractivity contribution in [2.75, 3.05) is 0 Å².